The molecule has 2 saturated carbocycles. The number of nitrogens with zero attached hydrogens (tertiary/aromatic N) is 5. The number of morpholine rings is 2. The molecule has 1 N–H and O–H groups in total. The van der Waals surface area contributed by atoms with Crippen LogP contribution in [0.25, 0.3) is 0 Å². The third-order valence-electron chi connectivity index (χ3n) is 7.43. The van der Waals surface area contributed by atoms with Crippen molar-refractivity contribution >= 4 is 17.3 Å². The molecule has 3 heterocycles. The Labute approximate surface area is 196 Å². The summed E-state index contributed by atoms with van der Waals surface area (Å²) >= 11 is 0. The van der Waals surface area contributed by atoms with Gasteiger partial charge in [0.15, 0.2) is 5.82 Å². The van der Waals surface area contributed by atoms with Crippen LogP contribution in [0.15, 0.2) is 11.2 Å². The SMILES string of the molecule is c1c(N/N=C2\CCC[C@H]3CCCCC23)nc(OCCN2CCOCC2)nc1N1CCOCC1. The molecule has 9 nitrogen and oxygen atoms in total. The summed E-state index contributed by atoms with van der Waals surface area (Å²) in [5.41, 5.74) is 4.61. The lowest BCUT2D eigenvalue weighted by molar-refractivity contribution is 0.0317. The summed E-state index contributed by atoms with van der Waals surface area (Å²) in [7, 11) is 0. The molecule has 5 rings (SSSR count). The first-order valence-electron chi connectivity index (χ1n) is 12.8. The molecule has 9 heteroatoms. The minimum absolute atomic E-state index is 0.411. The number of fused-ring (bicyclic) bond motifs is 1. The van der Waals surface area contributed by atoms with E-state index in [1.807, 2.05) is 6.07 Å². The van der Waals surface area contributed by atoms with Crippen molar-refractivity contribution in [1.29, 1.82) is 0 Å². The molecule has 0 radical (unpaired) electrons. The van der Waals surface area contributed by atoms with E-state index in [9.17, 15) is 0 Å². The molecule has 2 atom stereocenters. The van der Waals surface area contributed by atoms with Crippen LogP contribution in [0.4, 0.5) is 11.6 Å². The summed E-state index contributed by atoms with van der Waals surface area (Å²) < 4.78 is 17.0. The van der Waals surface area contributed by atoms with E-state index in [0.29, 0.717) is 37.6 Å². The Hall–Kier alpha value is -1.97. The van der Waals surface area contributed by atoms with Crippen molar-refractivity contribution < 1.29 is 14.2 Å². The lowest BCUT2D eigenvalue weighted by Crippen LogP contribution is -2.39. The van der Waals surface area contributed by atoms with Crippen LogP contribution < -0.4 is 15.1 Å². The van der Waals surface area contributed by atoms with Gasteiger partial charge in [-0.3, -0.25) is 10.3 Å². The van der Waals surface area contributed by atoms with Gasteiger partial charge in [-0.1, -0.05) is 12.8 Å². The Balaban J connectivity index is 1.28. The Morgan fingerprint density at radius 2 is 1.73 bits per heavy atom. The maximum atomic E-state index is 6.01. The minimum Gasteiger partial charge on any atom is -0.462 e. The fourth-order valence-corrected chi connectivity index (χ4v) is 5.57. The van der Waals surface area contributed by atoms with Crippen LogP contribution in [0.5, 0.6) is 6.01 Å². The number of ether oxygens (including phenoxy) is 3. The number of hydrogen-bond acceptors (Lipinski definition) is 9. The van der Waals surface area contributed by atoms with Crippen LogP contribution in [0, 0.1) is 11.8 Å². The van der Waals surface area contributed by atoms with Gasteiger partial charge >= 0.3 is 6.01 Å². The van der Waals surface area contributed by atoms with Gasteiger partial charge in [0.1, 0.15) is 12.4 Å². The molecular formula is C24H38N6O3. The Kier molecular flexibility index (Phi) is 7.91. The van der Waals surface area contributed by atoms with E-state index in [-0.39, 0.29) is 0 Å². The van der Waals surface area contributed by atoms with Crippen LogP contribution in [0.3, 0.4) is 0 Å². The second-order valence-corrected chi connectivity index (χ2v) is 9.55. The molecule has 0 bridgehead atoms. The third kappa shape index (κ3) is 6.13. The van der Waals surface area contributed by atoms with Crippen LogP contribution in [-0.2, 0) is 9.47 Å². The van der Waals surface area contributed by atoms with Crippen molar-refractivity contribution in [2.75, 3.05) is 76.1 Å². The lowest BCUT2D eigenvalue weighted by atomic mass is 9.70. The van der Waals surface area contributed by atoms with Gasteiger partial charge in [0, 0.05) is 50.4 Å². The molecule has 33 heavy (non-hydrogen) atoms. The zero-order chi connectivity index (χ0) is 22.3. The smallest absolute Gasteiger partial charge is 0.320 e. The van der Waals surface area contributed by atoms with E-state index in [2.05, 4.69) is 20.2 Å². The van der Waals surface area contributed by atoms with E-state index in [1.165, 1.54) is 44.2 Å². The molecular weight excluding hydrogens is 420 g/mol. The van der Waals surface area contributed by atoms with E-state index in [4.69, 9.17) is 24.3 Å². The van der Waals surface area contributed by atoms with Gasteiger partial charge in [-0.15, -0.1) is 0 Å². The molecule has 0 aromatic carbocycles. The van der Waals surface area contributed by atoms with E-state index < -0.39 is 0 Å². The number of anilines is 2. The van der Waals surface area contributed by atoms with Crippen molar-refractivity contribution in [3.8, 4) is 6.01 Å². The molecule has 2 aliphatic carbocycles. The highest BCUT2D eigenvalue weighted by atomic mass is 16.5. The van der Waals surface area contributed by atoms with Gasteiger partial charge < -0.3 is 19.1 Å². The largest absolute Gasteiger partial charge is 0.462 e. The molecule has 4 fully saturated rings. The summed E-state index contributed by atoms with van der Waals surface area (Å²) in [5, 5.41) is 4.87. The van der Waals surface area contributed by atoms with Crippen molar-refractivity contribution in [3.05, 3.63) is 6.07 Å². The van der Waals surface area contributed by atoms with Gasteiger partial charge in [0.25, 0.3) is 0 Å². The topological polar surface area (TPSA) is 84.3 Å². The highest BCUT2D eigenvalue weighted by Gasteiger charge is 2.32. The van der Waals surface area contributed by atoms with Crippen molar-refractivity contribution in [2.24, 2.45) is 16.9 Å². The van der Waals surface area contributed by atoms with Crippen LogP contribution >= 0.6 is 0 Å². The predicted octanol–water partition coefficient (Wildman–Crippen LogP) is 2.78. The first kappa shape index (κ1) is 22.8. The zero-order valence-electron chi connectivity index (χ0n) is 19.7. The average molecular weight is 459 g/mol. The van der Waals surface area contributed by atoms with Gasteiger partial charge in [0.2, 0.25) is 0 Å². The zero-order valence-corrected chi connectivity index (χ0v) is 19.7. The van der Waals surface area contributed by atoms with Gasteiger partial charge in [-0.2, -0.15) is 15.1 Å². The second-order valence-electron chi connectivity index (χ2n) is 9.55. The quantitative estimate of drug-likeness (QED) is 0.625. The Bertz CT molecular complexity index is 792. The van der Waals surface area contributed by atoms with Gasteiger partial charge in [0.05, 0.1) is 26.4 Å². The molecule has 2 saturated heterocycles. The van der Waals surface area contributed by atoms with E-state index in [0.717, 1.165) is 64.1 Å². The fraction of sp³-hybridized carbons (Fsp3) is 0.792. The lowest BCUT2D eigenvalue weighted by Gasteiger charge is -2.36. The highest BCUT2D eigenvalue weighted by molar-refractivity contribution is 5.88. The molecule has 4 aliphatic rings. The molecule has 2 aliphatic heterocycles. The highest BCUT2D eigenvalue weighted by Crippen LogP contribution is 2.39. The first-order chi connectivity index (χ1) is 16.3. The number of aromatic nitrogens is 2. The van der Waals surface area contributed by atoms with Crippen LogP contribution in [0.2, 0.25) is 0 Å². The Morgan fingerprint density at radius 1 is 0.970 bits per heavy atom. The molecule has 0 amide bonds. The van der Waals surface area contributed by atoms with Crippen molar-refractivity contribution in [1.82, 2.24) is 14.9 Å². The Morgan fingerprint density at radius 3 is 2.58 bits per heavy atom. The average Bonchev–Trinajstić information content (AvgIpc) is 2.88. The number of hydrazone groups is 1. The van der Waals surface area contributed by atoms with Crippen molar-refractivity contribution in [3.63, 3.8) is 0 Å². The number of hydrogen-bond donors (Lipinski definition) is 1. The summed E-state index contributed by atoms with van der Waals surface area (Å²) in [6, 6.07) is 2.40. The van der Waals surface area contributed by atoms with Crippen LogP contribution in [0.1, 0.15) is 44.9 Å². The summed E-state index contributed by atoms with van der Waals surface area (Å²) in [4.78, 5) is 13.9. The van der Waals surface area contributed by atoms with E-state index >= 15 is 0 Å². The molecule has 1 unspecified atom stereocenters. The summed E-state index contributed by atoms with van der Waals surface area (Å²) in [6.07, 6.45) is 9.06. The molecule has 1 aromatic rings. The maximum Gasteiger partial charge on any atom is 0.320 e. The predicted molar refractivity (Wildman–Crippen MR) is 128 cm³/mol. The van der Waals surface area contributed by atoms with Gasteiger partial charge in [-0.25, -0.2) is 0 Å². The molecule has 0 spiro atoms. The normalized spacial score (nSPS) is 27.9. The molecule has 1 aromatic heterocycles. The number of rotatable bonds is 7. The molecule has 182 valence electrons. The minimum atomic E-state index is 0.411. The van der Waals surface area contributed by atoms with Gasteiger partial charge in [-0.05, 0) is 38.0 Å². The maximum absolute atomic E-state index is 6.01. The monoisotopic (exact) mass is 458 g/mol. The first-order valence-corrected chi connectivity index (χ1v) is 12.8. The second kappa shape index (κ2) is 11.4. The number of nitrogens with one attached hydrogen (secondary N) is 1. The van der Waals surface area contributed by atoms with E-state index in [1.54, 1.807) is 0 Å². The summed E-state index contributed by atoms with van der Waals surface area (Å²) in [5.74, 6) is 3.04. The van der Waals surface area contributed by atoms with Crippen molar-refractivity contribution in [2.45, 2.75) is 44.9 Å². The van der Waals surface area contributed by atoms with Crippen LogP contribution in [-0.4, -0.2) is 86.3 Å². The standard InChI is InChI=1S/C24H38N6O3/c1-2-6-20-19(4-1)5-3-7-21(20)27-28-22-18-23(30-11-15-32-16-12-30)26-24(25-22)33-17-10-29-8-13-31-14-9-29/h18-20H,1-17H2,(H,25,26,28)/b27-21+/t19-,20?/m1/s1. The third-order valence-corrected chi connectivity index (χ3v) is 7.43. The summed E-state index contributed by atoms with van der Waals surface area (Å²) in [6.45, 7) is 7.96. The fourth-order valence-electron chi connectivity index (χ4n) is 5.57.